The summed E-state index contributed by atoms with van der Waals surface area (Å²) < 4.78 is 7.13. The van der Waals surface area contributed by atoms with E-state index >= 15 is 0 Å². The summed E-state index contributed by atoms with van der Waals surface area (Å²) in [5.74, 6) is 0.789. The standard InChI is InChI=1S/C23H27N3O3S/c1-4-18-15(2)30-22-21(18)23(28)26(14-24-22)17-9-7-11-25(13-17)20(27)12-16-8-5-6-10-19(16)29-3/h5-6,8,10,14,17H,4,7,9,11-13H2,1-3H3. The fraction of sp³-hybridized carbons (Fsp3) is 0.435. The van der Waals surface area contributed by atoms with Crippen LogP contribution in [0.5, 0.6) is 5.75 Å². The van der Waals surface area contributed by atoms with E-state index in [1.54, 1.807) is 29.3 Å². The molecule has 0 bridgehead atoms. The molecule has 1 aromatic carbocycles. The van der Waals surface area contributed by atoms with Gasteiger partial charge in [0.25, 0.3) is 5.56 Å². The summed E-state index contributed by atoms with van der Waals surface area (Å²) in [5, 5.41) is 0.750. The Balaban J connectivity index is 1.58. The monoisotopic (exact) mass is 425 g/mol. The average Bonchev–Trinajstić information content (AvgIpc) is 3.10. The first-order chi connectivity index (χ1) is 14.5. The second-order valence-corrected chi connectivity index (χ2v) is 8.96. The number of piperidine rings is 1. The number of para-hydroxylation sites is 1. The van der Waals surface area contributed by atoms with Gasteiger partial charge >= 0.3 is 0 Å². The maximum absolute atomic E-state index is 13.3. The smallest absolute Gasteiger partial charge is 0.262 e. The van der Waals surface area contributed by atoms with Gasteiger partial charge in [-0.25, -0.2) is 4.98 Å². The number of aromatic nitrogens is 2. The Bertz CT molecular complexity index is 1130. The topological polar surface area (TPSA) is 64.4 Å². The molecule has 1 aliphatic rings. The van der Waals surface area contributed by atoms with Crippen molar-refractivity contribution in [1.82, 2.24) is 14.5 Å². The molecule has 2 aromatic heterocycles. The molecule has 0 radical (unpaired) electrons. The number of likely N-dealkylation sites (tertiary alicyclic amines) is 1. The number of rotatable bonds is 5. The Morgan fingerprint density at radius 3 is 2.90 bits per heavy atom. The van der Waals surface area contributed by atoms with Gasteiger partial charge in [-0.15, -0.1) is 11.3 Å². The molecule has 0 saturated carbocycles. The zero-order valence-electron chi connectivity index (χ0n) is 17.7. The van der Waals surface area contributed by atoms with Crippen LogP contribution in [0.4, 0.5) is 0 Å². The van der Waals surface area contributed by atoms with Crippen molar-refractivity contribution < 1.29 is 9.53 Å². The highest BCUT2D eigenvalue weighted by molar-refractivity contribution is 7.18. The summed E-state index contributed by atoms with van der Waals surface area (Å²) in [7, 11) is 1.62. The maximum atomic E-state index is 13.3. The first-order valence-corrected chi connectivity index (χ1v) is 11.2. The molecule has 0 N–H and O–H groups in total. The van der Waals surface area contributed by atoms with Gasteiger partial charge in [-0.05, 0) is 37.8 Å². The molecule has 3 aromatic rings. The van der Waals surface area contributed by atoms with E-state index in [-0.39, 0.29) is 17.5 Å². The van der Waals surface area contributed by atoms with Gasteiger partial charge in [0.05, 0.1) is 31.3 Å². The minimum atomic E-state index is -0.0466. The minimum absolute atomic E-state index is 0.0187. The number of thiophene rings is 1. The highest BCUT2D eigenvalue weighted by atomic mass is 32.1. The lowest BCUT2D eigenvalue weighted by atomic mass is 10.0. The van der Waals surface area contributed by atoms with Crippen LogP contribution in [0, 0.1) is 6.92 Å². The van der Waals surface area contributed by atoms with Crippen LogP contribution in [-0.2, 0) is 17.6 Å². The maximum Gasteiger partial charge on any atom is 0.262 e. The zero-order valence-corrected chi connectivity index (χ0v) is 18.5. The molecule has 1 fully saturated rings. The van der Waals surface area contributed by atoms with E-state index in [9.17, 15) is 9.59 Å². The van der Waals surface area contributed by atoms with E-state index in [0.29, 0.717) is 19.5 Å². The van der Waals surface area contributed by atoms with Crippen molar-refractivity contribution in [3.8, 4) is 5.75 Å². The van der Waals surface area contributed by atoms with E-state index in [1.807, 2.05) is 36.1 Å². The van der Waals surface area contributed by atoms with Gasteiger partial charge in [0, 0.05) is 23.5 Å². The Labute approximate surface area is 180 Å². The van der Waals surface area contributed by atoms with Crippen molar-refractivity contribution in [2.45, 2.75) is 45.6 Å². The van der Waals surface area contributed by atoms with E-state index in [2.05, 4.69) is 11.9 Å². The third kappa shape index (κ3) is 3.74. The van der Waals surface area contributed by atoms with Crippen LogP contribution in [-0.4, -0.2) is 40.6 Å². The number of carbonyl (C=O) groups is 1. The van der Waals surface area contributed by atoms with Gasteiger partial charge in [0.2, 0.25) is 5.91 Å². The number of carbonyl (C=O) groups excluding carboxylic acids is 1. The molecule has 158 valence electrons. The number of nitrogens with zero attached hydrogens (tertiary/aromatic N) is 3. The summed E-state index contributed by atoms with van der Waals surface area (Å²) >= 11 is 1.58. The zero-order chi connectivity index (χ0) is 21.3. The third-order valence-electron chi connectivity index (χ3n) is 5.97. The van der Waals surface area contributed by atoms with Gasteiger partial charge in [0.15, 0.2) is 0 Å². The quantitative estimate of drug-likeness (QED) is 0.625. The average molecular weight is 426 g/mol. The Morgan fingerprint density at radius 1 is 1.33 bits per heavy atom. The number of hydrogen-bond donors (Lipinski definition) is 0. The highest BCUT2D eigenvalue weighted by Crippen LogP contribution is 2.29. The van der Waals surface area contributed by atoms with E-state index in [1.165, 1.54) is 0 Å². The molecular formula is C23H27N3O3S. The second kappa shape index (κ2) is 8.60. The molecule has 4 rings (SSSR count). The Kier molecular flexibility index (Phi) is 5.90. The highest BCUT2D eigenvalue weighted by Gasteiger charge is 2.27. The third-order valence-corrected chi connectivity index (χ3v) is 7.02. The second-order valence-electron chi connectivity index (χ2n) is 7.75. The largest absolute Gasteiger partial charge is 0.496 e. The summed E-state index contributed by atoms with van der Waals surface area (Å²) in [6.07, 6.45) is 4.53. The van der Waals surface area contributed by atoms with Crippen molar-refractivity contribution in [3.05, 3.63) is 57.0 Å². The van der Waals surface area contributed by atoms with Crippen LogP contribution in [0.25, 0.3) is 10.2 Å². The molecule has 30 heavy (non-hydrogen) atoms. The van der Waals surface area contributed by atoms with Crippen molar-refractivity contribution in [2.75, 3.05) is 20.2 Å². The summed E-state index contributed by atoms with van der Waals surface area (Å²) in [6, 6.07) is 7.56. The predicted octanol–water partition coefficient (Wildman–Crippen LogP) is 3.74. The number of fused-ring (bicyclic) bond motifs is 1. The van der Waals surface area contributed by atoms with Crippen LogP contribution >= 0.6 is 11.3 Å². The predicted molar refractivity (Wildman–Crippen MR) is 120 cm³/mol. The molecule has 1 amide bonds. The van der Waals surface area contributed by atoms with Crippen molar-refractivity contribution in [2.24, 2.45) is 0 Å². The lowest BCUT2D eigenvalue weighted by molar-refractivity contribution is -0.132. The lowest BCUT2D eigenvalue weighted by Crippen LogP contribution is -2.43. The van der Waals surface area contributed by atoms with Crippen LogP contribution in [0.15, 0.2) is 35.4 Å². The number of benzene rings is 1. The molecule has 0 spiro atoms. The van der Waals surface area contributed by atoms with Gasteiger partial charge < -0.3 is 9.64 Å². The molecule has 1 saturated heterocycles. The number of aryl methyl sites for hydroxylation is 2. The number of methoxy groups -OCH3 is 1. The van der Waals surface area contributed by atoms with Gasteiger partial charge in [-0.2, -0.15) is 0 Å². The molecule has 3 heterocycles. The molecule has 0 aliphatic carbocycles. The van der Waals surface area contributed by atoms with Gasteiger partial charge in [-0.1, -0.05) is 25.1 Å². The van der Waals surface area contributed by atoms with E-state index in [4.69, 9.17) is 4.74 Å². The van der Waals surface area contributed by atoms with Crippen molar-refractivity contribution >= 4 is 27.5 Å². The van der Waals surface area contributed by atoms with E-state index in [0.717, 1.165) is 51.2 Å². The molecule has 1 unspecified atom stereocenters. The van der Waals surface area contributed by atoms with E-state index < -0.39 is 0 Å². The Hall–Kier alpha value is -2.67. The van der Waals surface area contributed by atoms with Crippen LogP contribution < -0.4 is 10.3 Å². The molecule has 1 aliphatic heterocycles. The summed E-state index contributed by atoms with van der Waals surface area (Å²) in [6.45, 7) is 5.37. The number of hydrogen-bond acceptors (Lipinski definition) is 5. The first kappa shape index (κ1) is 20.6. The molecule has 6 nitrogen and oxygen atoms in total. The minimum Gasteiger partial charge on any atom is -0.496 e. The first-order valence-electron chi connectivity index (χ1n) is 10.4. The fourth-order valence-electron chi connectivity index (χ4n) is 4.39. The number of ether oxygens (including phenoxy) is 1. The van der Waals surface area contributed by atoms with Gasteiger partial charge in [-0.3, -0.25) is 14.2 Å². The van der Waals surface area contributed by atoms with Crippen LogP contribution in [0.2, 0.25) is 0 Å². The summed E-state index contributed by atoms with van der Waals surface area (Å²) in [5.41, 5.74) is 2.00. The normalized spacial score (nSPS) is 16.8. The van der Waals surface area contributed by atoms with Crippen LogP contribution in [0.1, 0.15) is 41.8 Å². The fourth-order valence-corrected chi connectivity index (χ4v) is 5.46. The Morgan fingerprint density at radius 2 is 2.13 bits per heavy atom. The molecular weight excluding hydrogens is 398 g/mol. The van der Waals surface area contributed by atoms with Crippen LogP contribution in [0.3, 0.4) is 0 Å². The molecule has 7 heteroatoms. The SMILES string of the molecule is CCc1c(C)sc2ncn(C3CCCN(C(=O)Cc4ccccc4OC)C3)c(=O)c12. The van der Waals surface area contributed by atoms with Gasteiger partial charge in [0.1, 0.15) is 10.6 Å². The molecule has 1 atom stereocenters. The van der Waals surface area contributed by atoms with Crippen molar-refractivity contribution in [3.63, 3.8) is 0 Å². The summed E-state index contributed by atoms with van der Waals surface area (Å²) in [4.78, 5) is 34.7. The lowest BCUT2D eigenvalue weighted by Gasteiger charge is -2.33. The number of amides is 1. The van der Waals surface area contributed by atoms with Crippen molar-refractivity contribution in [1.29, 1.82) is 0 Å².